The van der Waals surface area contributed by atoms with Gasteiger partial charge in [-0.15, -0.1) is 0 Å². The Hall–Kier alpha value is -2.97. The molecule has 8 heteroatoms. The lowest BCUT2D eigenvalue weighted by Crippen LogP contribution is -2.44. The van der Waals surface area contributed by atoms with Crippen molar-refractivity contribution in [1.82, 2.24) is 20.1 Å². The minimum absolute atomic E-state index is 0.0359. The van der Waals surface area contributed by atoms with E-state index in [-0.39, 0.29) is 23.8 Å². The molecule has 2 atom stereocenters. The molecule has 37 heavy (non-hydrogen) atoms. The van der Waals surface area contributed by atoms with E-state index in [1.54, 1.807) is 6.92 Å². The van der Waals surface area contributed by atoms with Crippen LogP contribution in [0.25, 0.3) is 0 Å². The summed E-state index contributed by atoms with van der Waals surface area (Å²) in [5.41, 5.74) is 4.15. The summed E-state index contributed by atoms with van der Waals surface area (Å²) in [6, 6.07) is 10.4. The number of nitrogens with zero attached hydrogens (tertiary/aromatic N) is 3. The molecule has 0 spiro atoms. The second kappa shape index (κ2) is 12.5. The van der Waals surface area contributed by atoms with Gasteiger partial charge in [0.15, 0.2) is 0 Å². The molecule has 2 unspecified atom stereocenters. The summed E-state index contributed by atoms with van der Waals surface area (Å²) < 4.78 is 0. The number of rotatable bonds is 10. The third kappa shape index (κ3) is 6.67. The average Bonchev–Trinajstić information content (AvgIpc) is 2.90. The van der Waals surface area contributed by atoms with Crippen LogP contribution >= 0.6 is 0 Å². The zero-order valence-corrected chi connectivity index (χ0v) is 22.4. The van der Waals surface area contributed by atoms with Crippen LogP contribution in [-0.2, 0) is 17.8 Å². The lowest BCUT2D eigenvalue weighted by Gasteiger charge is -2.35. The molecule has 2 aliphatic heterocycles. The first-order valence-corrected chi connectivity index (χ1v) is 13.6. The van der Waals surface area contributed by atoms with Gasteiger partial charge >= 0.3 is 0 Å². The molecule has 1 saturated heterocycles. The maximum absolute atomic E-state index is 13.5. The molecule has 200 valence electrons. The standard InChI is InChI=1S/C29H41N5O3/c1-4-21-18-34(19-25(36)10-9-22-7-5-6-8-23(22)16-30-3)29(37)26-15-28(31-17-27(21)26)32-24-11-13-33(14-12-24)20(2)35/h5-8,15,17,21,24-25,30,36H,4,9-14,16,18-19H2,1-3H3,(H,31,32). The van der Waals surface area contributed by atoms with Crippen LogP contribution in [0.3, 0.4) is 0 Å². The van der Waals surface area contributed by atoms with E-state index in [9.17, 15) is 14.7 Å². The van der Waals surface area contributed by atoms with Crippen LogP contribution in [0.5, 0.6) is 0 Å². The summed E-state index contributed by atoms with van der Waals surface area (Å²) in [5.74, 6) is 0.987. The number of fused-ring (bicyclic) bond motifs is 1. The average molecular weight is 508 g/mol. The summed E-state index contributed by atoms with van der Waals surface area (Å²) in [6.07, 6.45) is 5.27. The molecule has 1 aromatic heterocycles. The summed E-state index contributed by atoms with van der Waals surface area (Å²) in [5, 5.41) is 17.6. The van der Waals surface area contributed by atoms with Gasteiger partial charge in [-0.3, -0.25) is 9.59 Å². The number of anilines is 1. The minimum atomic E-state index is -0.587. The van der Waals surface area contributed by atoms with Crippen molar-refractivity contribution < 1.29 is 14.7 Å². The van der Waals surface area contributed by atoms with Gasteiger partial charge in [-0.05, 0) is 61.9 Å². The number of pyridine rings is 1. The number of carbonyl (C=O) groups excluding carboxylic acids is 2. The van der Waals surface area contributed by atoms with Crippen molar-refractivity contribution in [2.75, 3.05) is 38.5 Å². The Balaban J connectivity index is 1.40. The summed E-state index contributed by atoms with van der Waals surface area (Å²) >= 11 is 0. The van der Waals surface area contributed by atoms with E-state index in [1.807, 2.05) is 41.2 Å². The van der Waals surface area contributed by atoms with Crippen LogP contribution in [-0.4, -0.2) is 77.1 Å². The van der Waals surface area contributed by atoms with Crippen molar-refractivity contribution in [3.05, 3.63) is 58.8 Å². The number of aryl methyl sites for hydroxylation is 1. The molecule has 1 fully saturated rings. The number of aliphatic hydroxyl groups excluding tert-OH is 1. The number of hydrogen-bond acceptors (Lipinski definition) is 6. The van der Waals surface area contributed by atoms with E-state index in [1.165, 1.54) is 11.1 Å². The zero-order valence-electron chi connectivity index (χ0n) is 22.4. The van der Waals surface area contributed by atoms with Crippen LogP contribution < -0.4 is 10.6 Å². The zero-order chi connectivity index (χ0) is 26.4. The van der Waals surface area contributed by atoms with Gasteiger partial charge in [0.25, 0.3) is 5.91 Å². The Kier molecular flexibility index (Phi) is 9.16. The third-order valence-corrected chi connectivity index (χ3v) is 7.78. The Morgan fingerprint density at radius 1 is 1.22 bits per heavy atom. The molecule has 4 rings (SSSR count). The predicted molar refractivity (Wildman–Crippen MR) is 146 cm³/mol. The number of benzene rings is 1. The van der Waals surface area contributed by atoms with Crippen molar-refractivity contribution in [2.24, 2.45) is 0 Å². The van der Waals surface area contributed by atoms with Gasteiger partial charge in [0.2, 0.25) is 5.91 Å². The maximum Gasteiger partial charge on any atom is 0.254 e. The first-order valence-electron chi connectivity index (χ1n) is 13.6. The van der Waals surface area contributed by atoms with Crippen LogP contribution in [0.1, 0.15) is 72.5 Å². The van der Waals surface area contributed by atoms with E-state index in [0.29, 0.717) is 30.9 Å². The highest BCUT2D eigenvalue weighted by atomic mass is 16.3. The van der Waals surface area contributed by atoms with Crippen LogP contribution in [0.15, 0.2) is 36.5 Å². The topological polar surface area (TPSA) is 97.8 Å². The number of β-amino-alcohol motifs (C(OH)–C–C–N with tert-alkyl or cyclic N) is 1. The molecule has 2 aliphatic rings. The summed E-state index contributed by atoms with van der Waals surface area (Å²) in [4.78, 5) is 33.4. The molecular formula is C29H41N5O3. The van der Waals surface area contributed by atoms with Crippen molar-refractivity contribution in [2.45, 2.75) is 70.6 Å². The van der Waals surface area contributed by atoms with Gasteiger partial charge in [-0.2, -0.15) is 0 Å². The third-order valence-electron chi connectivity index (χ3n) is 7.78. The number of aliphatic hydroxyl groups is 1. The van der Waals surface area contributed by atoms with Crippen LogP contribution in [0, 0.1) is 0 Å². The van der Waals surface area contributed by atoms with E-state index >= 15 is 0 Å². The van der Waals surface area contributed by atoms with Crippen molar-refractivity contribution in [3.8, 4) is 0 Å². The van der Waals surface area contributed by atoms with Gasteiger partial charge in [0.05, 0.1) is 6.10 Å². The van der Waals surface area contributed by atoms with E-state index < -0.39 is 6.10 Å². The van der Waals surface area contributed by atoms with Crippen molar-refractivity contribution in [1.29, 1.82) is 0 Å². The van der Waals surface area contributed by atoms with Crippen molar-refractivity contribution in [3.63, 3.8) is 0 Å². The number of carbonyl (C=O) groups is 2. The molecule has 0 bridgehead atoms. The Bertz CT molecular complexity index is 1080. The number of aromatic nitrogens is 1. The molecule has 8 nitrogen and oxygen atoms in total. The first kappa shape index (κ1) is 27.1. The highest BCUT2D eigenvalue weighted by molar-refractivity contribution is 5.97. The molecule has 0 aliphatic carbocycles. The number of piperidine rings is 1. The fourth-order valence-electron chi connectivity index (χ4n) is 5.56. The van der Waals surface area contributed by atoms with Crippen molar-refractivity contribution >= 4 is 17.6 Å². The molecular weight excluding hydrogens is 466 g/mol. The lowest BCUT2D eigenvalue weighted by molar-refractivity contribution is -0.129. The fourth-order valence-corrected chi connectivity index (χ4v) is 5.56. The highest BCUT2D eigenvalue weighted by Gasteiger charge is 2.32. The van der Waals surface area contributed by atoms with Gasteiger partial charge in [0.1, 0.15) is 5.82 Å². The first-order chi connectivity index (χ1) is 17.9. The number of nitrogens with one attached hydrogen (secondary N) is 2. The number of amides is 2. The van der Waals surface area contributed by atoms with Gasteiger partial charge in [0, 0.05) is 63.4 Å². The molecule has 3 heterocycles. The summed E-state index contributed by atoms with van der Waals surface area (Å²) in [6.45, 7) is 6.95. The van der Waals surface area contributed by atoms with E-state index in [2.05, 4.69) is 34.7 Å². The number of hydrogen-bond donors (Lipinski definition) is 3. The second-order valence-corrected chi connectivity index (χ2v) is 10.4. The largest absolute Gasteiger partial charge is 0.391 e. The quantitative estimate of drug-likeness (QED) is 0.457. The molecule has 0 radical (unpaired) electrons. The maximum atomic E-state index is 13.5. The Morgan fingerprint density at radius 3 is 2.62 bits per heavy atom. The van der Waals surface area contributed by atoms with Gasteiger partial charge in [-0.1, -0.05) is 31.2 Å². The van der Waals surface area contributed by atoms with E-state index in [4.69, 9.17) is 0 Å². The van der Waals surface area contributed by atoms with Crippen LogP contribution in [0.4, 0.5) is 5.82 Å². The molecule has 2 aromatic rings. The monoisotopic (exact) mass is 507 g/mol. The minimum Gasteiger partial charge on any atom is -0.391 e. The van der Waals surface area contributed by atoms with Gasteiger partial charge in [-0.25, -0.2) is 4.98 Å². The van der Waals surface area contributed by atoms with E-state index in [0.717, 1.165) is 50.9 Å². The molecule has 1 aromatic carbocycles. The normalized spacial score (nSPS) is 19.0. The lowest BCUT2D eigenvalue weighted by atomic mass is 9.88. The Labute approximate surface area is 220 Å². The van der Waals surface area contributed by atoms with Crippen LogP contribution in [0.2, 0.25) is 0 Å². The Morgan fingerprint density at radius 2 is 1.95 bits per heavy atom. The fraction of sp³-hybridized carbons (Fsp3) is 0.552. The second-order valence-electron chi connectivity index (χ2n) is 10.4. The highest BCUT2D eigenvalue weighted by Crippen LogP contribution is 2.32. The molecule has 3 N–H and O–H groups in total. The molecule has 2 amide bonds. The smallest absolute Gasteiger partial charge is 0.254 e. The van der Waals surface area contributed by atoms with Gasteiger partial charge < -0.3 is 25.5 Å². The number of likely N-dealkylation sites (tertiary alicyclic amines) is 1. The predicted octanol–water partition coefficient (Wildman–Crippen LogP) is 3.17. The SMILES string of the molecule is CCC1CN(CC(O)CCc2ccccc2CNC)C(=O)c2cc(NC3CCN(C(C)=O)CC3)ncc21. The molecule has 0 saturated carbocycles. The summed E-state index contributed by atoms with van der Waals surface area (Å²) in [7, 11) is 1.93.